The third kappa shape index (κ3) is 4.78. The van der Waals surface area contributed by atoms with Gasteiger partial charge in [0.1, 0.15) is 18.1 Å². The maximum atomic E-state index is 13.3. The summed E-state index contributed by atoms with van der Waals surface area (Å²) in [5.41, 5.74) is 2.50. The largest absolute Gasteiger partial charge is 0.495 e. The lowest BCUT2D eigenvalue weighted by Crippen LogP contribution is -2.27. The molecule has 174 valence electrons. The van der Waals surface area contributed by atoms with Gasteiger partial charge in [0.15, 0.2) is 4.32 Å². The summed E-state index contributed by atoms with van der Waals surface area (Å²) in [5.74, 6) is 1.02. The van der Waals surface area contributed by atoms with E-state index >= 15 is 0 Å². The van der Waals surface area contributed by atoms with Crippen LogP contribution in [-0.4, -0.2) is 17.3 Å². The minimum Gasteiger partial charge on any atom is -0.495 e. The molecule has 35 heavy (non-hydrogen) atoms. The molecule has 1 heterocycles. The summed E-state index contributed by atoms with van der Waals surface area (Å²) >= 11 is 13.0. The van der Waals surface area contributed by atoms with Gasteiger partial charge < -0.3 is 9.47 Å². The molecule has 4 aromatic rings. The molecule has 0 saturated carbocycles. The molecule has 0 radical (unpaired) electrons. The van der Waals surface area contributed by atoms with Gasteiger partial charge in [0.05, 0.1) is 22.7 Å². The molecule has 1 amide bonds. The van der Waals surface area contributed by atoms with Gasteiger partial charge in [0.25, 0.3) is 5.91 Å². The molecule has 1 aliphatic rings. The predicted octanol–water partition coefficient (Wildman–Crippen LogP) is 7.49. The second-order valence-electron chi connectivity index (χ2n) is 7.80. The first-order valence-corrected chi connectivity index (χ1v) is 12.5. The minimum absolute atomic E-state index is 0.204. The van der Waals surface area contributed by atoms with Crippen molar-refractivity contribution in [1.29, 1.82) is 0 Å². The molecule has 0 N–H and O–H groups in total. The van der Waals surface area contributed by atoms with Crippen LogP contribution >= 0.6 is 35.6 Å². The molecular weight excluding hydrogens is 498 g/mol. The number of fused-ring (bicyclic) bond motifs is 1. The Morgan fingerprint density at radius 1 is 0.971 bits per heavy atom. The van der Waals surface area contributed by atoms with E-state index in [4.69, 9.17) is 33.3 Å². The third-order valence-electron chi connectivity index (χ3n) is 5.66. The van der Waals surface area contributed by atoms with Gasteiger partial charge in [0.2, 0.25) is 0 Å². The van der Waals surface area contributed by atoms with Gasteiger partial charge in [0, 0.05) is 5.56 Å². The van der Waals surface area contributed by atoms with Gasteiger partial charge in [-0.2, -0.15) is 0 Å². The number of para-hydroxylation sites is 1. The van der Waals surface area contributed by atoms with Crippen molar-refractivity contribution in [3.63, 3.8) is 0 Å². The highest BCUT2D eigenvalue weighted by Crippen LogP contribution is 2.39. The van der Waals surface area contributed by atoms with Crippen LogP contribution in [0.3, 0.4) is 0 Å². The zero-order valence-electron chi connectivity index (χ0n) is 18.7. The molecule has 1 fully saturated rings. The van der Waals surface area contributed by atoms with Crippen LogP contribution in [0, 0.1) is 0 Å². The third-order valence-corrected chi connectivity index (χ3v) is 7.25. The van der Waals surface area contributed by atoms with Crippen molar-refractivity contribution in [2.45, 2.75) is 6.61 Å². The van der Waals surface area contributed by atoms with E-state index in [-0.39, 0.29) is 5.91 Å². The van der Waals surface area contributed by atoms with Crippen LogP contribution in [0.2, 0.25) is 5.02 Å². The summed E-state index contributed by atoms with van der Waals surface area (Å²) in [6, 6.07) is 27.2. The number of hydrogen-bond acceptors (Lipinski definition) is 5. The first kappa shape index (κ1) is 23.4. The quantitative estimate of drug-likeness (QED) is 0.196. The fourth-order valence-electron chi connectivity index (χ4n) is 3.93. The fourth-order valence-corrected chi connectivity index (χ4v) is 5.47. The summed E-state index contributed by atoms with van der Waals surface area (Å²) < 4.78 is 11.9. The average Bonchev–Trinajstić information content (AvgIpc) is 3.15. The van der Waals surface area contributed by atoms with Crippen molar-refractivity contribution in [2.24, 2.45) is 0 Å². The van der Waals surface area contributed by atoms with E-state index in [1.807, 2.05) is 48.5 Å². The Labute approximate surface area is 218 Å². The molecule has 7 heteroatoms. The number of thioether (sulfide) groups is 1. The van der Waals surface area contributed by atoms with Crippen LogP contribution in [0.5, 0.6) is 11.5 Å². The number of carbonyl (C=O) groups excluding carboxylic acids is 1. The van der Waals surface area contributed by atoms with E-state index in [9.17, 15) is 4.79 Å². The van der Waals surface area contributed by atoms with E-state index in [0.717, 1.165) is 16.5 Å². The number of methoxy groups -OCH3 is 1. The number of anilines is 1. The number of thiocarbonyl (C=S) groups is 1. The Bertz CT molecular complexity index is 1480. The second kappa shape index (κ2) is 10.1. The number of halogens is 1. The molecule has 0 aliphatic carbocycles. The SMILES string of the molecule is COc1ccc(N2C(=O)/C(=C/c3ccccc3OCc3cccc4ccccc34)SC2=S)cc1Cl. The van der Waals surface area contributed by atoms with Gasteiger partial charge in [-0.3, -0.25) is 9.69 Å². The molecule has 4 aromatic carbocycles. The topological polar surface area (TPSA) is 38.8 Å². The molecule has 0 bridgehead atoms. The Hall–Kier alpha value is -3.32. The highest BCUT2D eigenvalue weighted by molar-refractivity contribution is 8.27. The fraction of sp³-hybridized carbons (Fsp3) is 0.0714. The highest BCUT2D eigenvalue weighted by atomic mass is 35.5. The minimum atomic E-state index is -0.204. The number of rotatable bonds is 6. The first-order valence-electron chi connectivity index (χ1n) is 10.8. The number of nitrogens with zero attached hydrogens (tertiary/aromatic N) is 1. The molecule has 1 saturated heterocycles. The van der Waals surface area contributed by atoms with Crippen LogP contribution in [0.25, 0.3) is 16.8 Å². The van der Waals surface area contributed by atoms with E-state index in [1.54, 1.807) is 25.3 Å². The smallest absolute Gasteiger partial charge is 0.270 e. The van der Waals surface area contributed by atoms with Crippen molar-refractivity contribution in [3.8, 4) is 11.5 Å². The van der Waals surface area contributed by atoms with Crippen molar-refractivity contribution < 1.29 is 14.3 Å². The monoisotopic (exact) mass is 517 g/mol. The first-order chi connectivity index (χ1) is 17.0. The van der Waals surface area contributed by atoms with E-state index < -0.39 is 0 Å². The van der Waals surface area contributed by atoms with Crippen molar-refractivity contribution in [3.05, 3.63) is 106 Å². The van der Waals surface area contributed by atoms with Gasteiger partial charge >= 0.3 is 0 Å². The lowest BCUT2D eigenvalue weighted by molar-refractivity contribution is -0.113. The molecular formula is C28H20ClNO3S2. The average molecular weight is 518 g/mol. The van der Waals surface area contributed by atoms with Gasteiger partial charge in [-0.1, -0.05) is 96.2 Å². The highest BCUT2D eigenvalue weighted by Gasteiger charge is 2.33. The number of amides is 1. The number of carbonyl (C=O) groups is 1. The molecule has 5 rings (SSSR count). The Balaban J connectivity index is 1.40. The van der Waals surface area contributed by atoms with E-state index in [0.29, 0.717) is 38.0 Å². The van der Waals surface area contributed by atoms with Crippen LogP contribution < -0.4 is 14.4 Å². The Kier molecular flexibility index (Phi) is 6.77. The zero-order valence-corrected chi connectivity index (χ0v) is 21.1. The molecule has 4 nitrogen and oxygen atoms in total. The second-order valence-corrected chi connectivity index (χ2v) is 9.88. The number of hydrogen-bond donors (Lipinski definition) is 0. The molecule has 0 atom stereocenters. The van der Waals surface area contributed by atoms with E-state index in [1.165, 1.54) is 22.0 Å². The van der Waals surface area contributed by atoms with Gasteiger partial charge in [-0.25, -0.2) is 0 Å². The molecule has 0 spiro atoms. The normalized spacial score (nSPS) is 14.7. The lowest BCUT2D eigenvalue weighted by Gasteiger charge is -2.15. The maximum Gasteiger partial charge on any atom is 0.270 e. The van der Waals surface area contributed by atoms with Gasteiger partial charge in [-0.05, 0) is 46.7 Å². The maximum absolute atomic E-state index is 13.3. The molecule has 1 aliphatic heterocycles. The van der Waals surface area contributed by atoms with Crippen molar-refractivity contribution >= 4 is 68.3 Å². The molecule has 0 aromatic heterocycles. The van der Waals surface area contributed by atoms with Gasteiger partial charge in [-0.15, -0.1) is 0 Å². The summed E-state index contributed by atoms with van der Waals surface area (Å²) in [6.45, 7) is 0.414. The Morgan fingerprint density at radius 3 is 2.57 bits per heavy atom. The number of ether oxygens (including phenoxy) is 2. The van der Waals surface area contributed by atoms with Crippen LogP contribution in [0.4, 0.5) is 5.69 Å². The number of benzene rings is 4. The summed E-state index contributed by atoms with van der Waals surface area (Å²) in [4.78, 5) is 15.3. The van der Waals surface area contributed by atoms with E-state index in [2.05, 4.69) is 24.3 Å². The lowest BCUT2D eigenvalue weighted by atomic mass is 10.1. The summed E-state index contributed by atoms with van der Waals surface area (Å²) in [6.07, 6.45) is 1.82. The summed E-state index contributed by atoms with van der Waals surface area (Å²) in [7, 11) is 1.54. The van der Waals surface area contributed by atoms with Crippen molar-refractivity contribution in [1.82, 2.24) is 0 Å². The standard InChI is InChI=1S/C28H20ClNO3S2/c1-32-25-14-13-21(16-23(25)29)30-27(31)26(35-28(30)34)15-19-8-3-5-12-24(19)33-17-20-10-6-9-18-7-2-4-11-22(18)20/h2-16H,17H2,1H3/b26-15-. The predicted molar refractivity (Wildman–Crippen MR) is 148 cm³/mol. The van der Waals surface area contributed by atoms with Crippen LogP contribution in [0.1, 0.15) is 11.1 Å². The van der Waals surface area contributed by atoms with Crippen LogP contribution in [-0.2, 0) is 11.4 Å². The summed E-state index contributed by atoms with van der Waals surface area (Å²) in [5, 5.41) is 2.74. The molecule has 0 unspecified atom stereocenters. The Morgan fingerprint density at radius 2 is 1.74 bits per heavy atom. The van der Waals surface area contributed by atoms with Crippen LogP contribution in [0.15, 0.2) is 89.8 Å². The zero-order chi connectivity index (χ0) is 24.4. The van der Waals surface area contributed by atoms with Crippen molar-refractivity contribution in [2.75, 3.05) is 12.0 Å².